The van der Waals surface area contributed by atoms with Crippen molar-refractivity contribution in [2.45, 2.75) is 31.8 Å². The quantitative estimate of drug-likeness (QED) is 0.554. The maximum atomic E-state index is 9.24. The summed E-state index contributed by atoms with van der Waals surface area (Å²) in [6.45, 7) is -0.00884. The van der Waals surface area contributed by atoms with E-state index < -0.39 is 24.9 Å². The zero-order valence-corrected chi connectivity index (χ0v) is 5.28. The third kappa shape index (κ3) is 1.41. The summed E-state index contributed by atoms with van der Waals surface area (Å²) in [4.78, 5) is 0. The average Bonchev–Trinajstić information content (AvgIpc) is 2.30. The van der Waals surface area contributed by atoms with Crippen LogP contribution in [0.3, 0.4) is 0 Å². The second kappa shape index (κ2) is 2.64. The van der Waals surface area contributed by atoms with Crippen molar-refractivity contribution in [3.63, 3.8) is 0 Å². The van der Waals surface area contributed by atoms with Crippen LogP contribution in [0.15, 0.2) is 0 Å². The van der Waals surface area contributed by atoms with Crippen LogP contribution >= 0.6 is 0 Å². The fourth-order valence-corrected chi connectivity index (χ4v) is 0.804. The predicted molar refractivity (Wildman–Crippen MR) is 32.0 cm³/mol. The molecule has 0 unspecified atom stereocenters. The van der Waals surface area contributed by atoms with Gasteiger partial charge in [-0.3, -0.25) is 0 Å². The van der Waals surface area contributed by atoms with E-state index in [9.17, 15) is 5.11 Å². The standard InChI is InChI=1S/C6H12O3/c1-4-3-5(7)6(8-2)9-4/h4-7H,3H2,1-2H3/t4-,5-,6+/m1/s1/i1D,3D/t3-,4-,5-,6+. The lowest BCUT2D eigenvalue weighted by atomic mass is 10.2. The molecule has 1 heterocycles. The molecule has 54 valence electrons. The highest BCUT2D eigenvalue weighted by atomic mass is 16.7. The summed E-state index contributed by atoms with van der Waals surface area (Å²) < 4.78 is 24.1. The summed E-state index contributed by atoms with van der Waals surface area (Å²) in [6, 6.07) is 0. The van der Waals surface area contributed by atoms with Gasteiger partial charge in [0, 0.05) is 16.2 Å². The highest BCUT2D eigenvalue weighted by molar-refractivity contribution is 4.72. The fraction of sp³-hybridized carbons (Fsp3) is 1.00. The number of hydrogen-bond acceptors (Lipinski definition) is 3. The van der Waals surface area contributed by atoms with Gasteiger partial charge in [0.1, 0.15) is 6.10 Å². The largest absolute Gasteiger partial charge is 0.388 e. The van der Waals surface area contributed by atoms with Crippen LogP contribution in [-0.4, -0.2) is 30.7 Å². The number of hydrogen-bond donors (Lipinski definition) is 1. The van der Waals surface area contributed by atoms with Crippen LogP contribution in [0.1, 0.15) is 16.0 Å². The Hall–Kier alpha value is -0.120. The molecule has 1 rings (SSSR count). The van der Waals surface area contributed by atoms with Crippen molar-refractivity contribution >= 4 is 0 Å². The van der Waals surface area contributed by atoms with Gasteiger partial charge < -0.3 is 14.6 Å². The highest BCUT2D eigenvalue weighted by Gasteiger charge is 2.30. The second-order valence-electron chi connectivity index (χ2n) is 1.96. The van der Waals surface area contributed by atoms with Crippen LogP contribution in [0.4, 0.5) is 0 Å². The van der Waals surface area contributed by atoms with Crippen LogP contribution in [0, 0.1) is 0 Å². The summed E-state index contributed by atoms with van der Waals surface area (Å²) in [5.41, 5.74) is 0. The first-order valence-electron chi connectivity index (χ1n) is 4.07. The molecule has 0 aromatic heterocycles. The van der Waals surface area contributed by atoms with Crippen LogP contribution < -0.4 is 0 Å². The molecule has 1 fully saturated rings. The van der Waals surface area contributed by atoms with E-state index in [4.69, 9.17) is 12.2 Å². The lowest BCUT2D eigenvalue weighted by molar-refractivity contribution is -0.145. The van der Waals surface area contributed by atoms with Gasteiger partial charge in [-0.2, -0.15) is 0 Å². The maximum absolute atomic E-state index is 9.24. The number of rotatable bonds is 1. The third-order valence-corrected chi connectivity index (χ3v) is 1.23. The number of aliphatic hydroxyl groups is 1. The zero-order valence-electron chi connectivity index (χ0n) is 7.28. The predicted octanol–water partition coefficient (Wildman–Crippen LogP) is 0.129. The Balaban J connectivity index is 2.53. The first-order valence-corrected chi connectivity index (χ1v) is 2.78. The molecule has 9 heavy (non-hydrogen) atoms. The van der Waals surface area contributed by atoms with Gasteiger partial charge >= 0.3 is 0 Å². The van der Waals surface area contributed by atoms with Crippen LogP contribution in [-0.2, 0) is 9.47 Å². The Morgan fingerprint density at radius 3 is 3.11 bits per heavy atom. The molecule has 0 bridgehead atoms. The summed E-state index contributed by atoms with van der Waals surface area (Å²) in [5.74, 6) is 0. The first-order chi connectivity index (χ1) is 5.20. The van der Waals surface area contributed by atoms with Crippen molar-refractivity contribution < 1.29 is 17.3 Å². The lowest BCUT2D eigenvalue weighted by Crippen LogP contribution is -2.22. The highest BCUT2D eigenvalue weighted by Crippen LogP contribution is 2.19. The smallest absolute Gasteiger partial charge is 0.183 e. The van der Waals surface area contributed by atoms with Gasteiger partial charge in [0.05, 0.1) is 6.10 Å². The monoisotopic (exact) mass is 134 g/mol. The molecular weight excluding hydrogens is 120 g/mol. The van der Waals surface area contributed by atoms with Gasteiger partial charge in [-0.05, 0) is 6.90 Å². The van der Waals surface area contributed by atoms with Crippen molar-refractivity contribution in [3.8, 4) is 0 Å². The van der Waals surface area contributed by atoms with E-state index in [1.807, 2.05) is 0 Å². The Morgan fingerprint density at radius 2 is 2.78 bits per heavy atom. The molecule has 1 aliphatic heterocycles. The minimum atomic E-state index is -0.921. The Bertz CT molecular complexity index is 115. The van der Waals surface area contributed by atoms with Crippen molar-refractivity contribution in [2.75, 3.05) is 7.11 Å². The molecule has 0 saturated carbocycles. The molecule has 1 N–H and O–H groups in total. The van der Waals surface area contributed by atoms with Crippen molar-refractivity contribution in [1.82, 2.24) is 0 Å². The summed E-state index contributed by atoms with van der Waals surface area (Å²) >= 11 is 0. The molecule has 0 spiro atoms. The van der Waals surface area contributed by atoms with Gasteiger partial charge in [0.15, 0.2) is 6.29 Å². The average molecular weight is 134 g/mol. The summed E-state index contributed by atoms with van der Waals surface area (Å²) in [5, 5.41) is 9.24. The minimum Gasteiger partial charge on any atom is -0.388 e. The maximum Gasteiger partial charge on any atom is 0.183 e. The molecule has 1 saturated heterocycles. The van der Waals surface area contributed by atoms with Crippen LogP contribution in [0.5, 0.6) is 0 Å². The lowest BCUT2D eigenvalue weighted by Gasteiger charge is -2.10. The molecular formula is C6H12O3. The topological polar surface area (TPSA) is 38.7 Å². The van der Waals surface area contributed by atoms with Crippen LogP contribution in [0.2, 0.25) is 0 Å². The molecule has 0 aromatic carbocycles. The van der Waals surface area contributed by atoms with E-state index in [-0.39, 0.29) is 6.90 Å². The summed E-state index contributed by atoms with van der Waals surface area (Å²) in [7, 11) is 1.41. The van der Waals surface area contributed by atoms with Crippen molar-refractivity contribution in [2.24, 2.45) is 0 Å². The van der Waals surface area contributed by atoms with E-state index in [0.29, 0.717) is 0 Å². The van der Waals surface area contributed by atoms with Gasteiger partial charge in [-0.1, -0.05) is 0 Å². The number of ether oxygens (including phenoxy) is 2. The SMILES string of the molecule is [2H]C[C@H]1O[C@H](OC)[C@H](O)[C@@H]1[2H]. The van der Waals surface area contributed by atoms with Crippen molar-refractivity contribution in [3.05, 3.63) is 0 Å². The van der Waals surface area contributed by atoms with E-state index in [0.717, 1.165) is 0 Å². The Morgan fingerprint density at radius 1 is 2.00 bits per heavy atom. The number of methoxy groups -OCH3 is 1. The van der Waals surface area contributed by atoms with E-state index in [2.05, 4.69) is 0 Å². The fourth-order valence-electron chi connectivity index (χ4n) is 0.804. The molecule has 0 radical (unpaired) electrons. The Kier molecular flexibility index (Phi) is 1.37. The Labute approximate surface area is 57.4 Å². The second-order valence-corrected chi connectivity index (χ2v) is 1.96. The molecule has 0 amide bonds. The molecule has 0 aromatic rings. The minimum absolute atomic E-state index is 0.00884. The zero-order chi connectivity index (χ0) is 8.43. The molecule has 3 heteroatoms. The first kappa shape index (κ1) is 4.66. The van der Waals surface area contributed by atoms with Gasteiger partial charge in [0.25, 0.3) is 0 Å². The molecule has 4 atom stereocenters. The van der Waals surface area contributed by atoms with Gasteiger partial charge in [-0.15, -0.1) is 0 Å². The third-order valence-electron chi connectivity index (χ3n) is 1.23. The normalized spacial score (nSPS) is 54.9. The van der Waals surface area contributed by atoms with E-state index >= 15 is 0 Å². The van der Waals surface area contributed by atoms with Gasteiger partial charge in [-0.25, -0.2) is 0 Å². The summed E-state index contributed by atoms with van der Waals surface area (Å²) in [6.07, 6.45) is -2.92. The molecule has 0 aliphatic carbocycles. The van der Waals surface area contributed by atoms with E-state index in [1.54, 1.807) is 0 Å². The molecule has 3 nitrogen and oxygen atoms in total. The van der Waals surface area contributed by atoms with E-state index in [1.165, 1.54) is 7.11 Å². The molecule has 1 aliphatic rings. The van der Waals surface area contributed by atoms with Crippen LogP contribution in [0.25, 0.3) is 0 Å². The van der Waals surface area contributed by atoms with Gasteiger partial charge in [0.2, 0.25) is 0 Å². The van der Waals surface area contributed by atoms with Crippen molar-refractivity contribution in [1.29, 1.82) is 0 Å². The number of aliphatic hydroxyl groups excluding tert-OH is 1.